The summed E-state index contributed by atoms with van der Waals surface area (Å²) in [5.74, 6) is 3.31. The molecule has 9 heteroatoms. The molecule has 4 aromatic heterocycles. The van der Waals surface area contributed by atoms with E-state index in [1.165, 1.54) is 49.7 Å². The van der Waals surface area contributed by atoms with Gasteiger partial charge >= 0.3 is 0 Å². The van der Waals surface area contributed by atoms with E-state index in [-0.39, 0.29) is 12.2 Å². The summed E-state index contributed by atoms with van der Waals surface area (Å²) in [6.45, 7) is 5.97. The van der Waals surface area contributed by atoms with E-state index in [4.69, 9.17) is 19.4 Å². The number of benzene rings is 6. The largest absolute Gasteiger partial charge is 0.478 e. The van der Waals surface area contributed by atoms with E-state index in [9.17, 15) is 0 Å². The fraction of sp³-hybridized carbons (Fsp3) is 0.273. The second-order valence-electron chi connectivity index (χ2n) is 20.8. The van der Waals surface area contributed by atoms with Gasteiger partial charge < -0.3 is 19.3 Å². The smallest absolute Gasteiger partial charge is 0.160 e. The fourth-order valence-corrected chi connectivity index (χ4v) is 11.3. The summed E-state index contributed by atoms with van der Waals surface area (Å²) in [7, 11) is 4.44. The van der Waals surface area contributed by atoms with Gasteiger partial charge in [-0.15, -0.1) is 0 Å². The van der Waals surface area contributed by atoms with Crippen LogP contribution in [-0.4, -0.2) is 56.9 Å². The van der Waals surface area contributed by atoms with Crippen LogP contribution in [0.2, 0.25) is 0 Å². The topological polar surface area (TPSA) is 76.5 Å². The first-order valence-corrected chi connectivity index (χ1v) is 27.8. The Morgan fingerprint density at radius 1 is 0.493 bits per heavy atom. The minimum Gasteiger partial charge on any atom is -0.478 e. The summed E-state index contributed by atoms with van der Waals surface area (Å²) in [6, 6.07) is 59.2. The molecule has 2 saturated carbocycles. The lowest BCUT2D eigenvalue weighted by atomic mass is 9.85. The quantitative estimate of drug-likeness (QED) is 0.0659. The van der Waals surface area contributed by atoms with Crippen LogP contribution in [0.1, 0.15) is 95.2 Å². The Bertz CT molecular complexity index is 3440. The molecule has 2 aliphatic carbocycles. The molecular weight excluding hydrogens is 989 g/mol. The van der Waals surface area contributed by atoms with Gasteiger partial charge in [-0.2, -0.15) is 0 Å². The summed E-state index contributed by atoms with van der Waals surface area (Å²) >= 11 is 3.62. The number of fused-ring (bicyclic) bond motifs is 4. The van der Waals surface area contributed by atoms with E-state index >= 15 is 0 Å². The number of pyridine rings is 4. The molecule has 0 N–H and O–H groups in total. The standard InChI is InChI=1S/C33H32BrN3O.C33H33N3O/c1-37(21-23-9-8-10-23)22-28-16-15-26-19-29-27(20-34)17-18-35-33(29)36-30(26)32(28)38-31(24-11-4-2-5-12-24)25-13-6-3-7-14-25;1-23-18-19-34-33-29(23)20-27-16-17-28(22-36(2)21-24-10-9-11-24)32(30(27)35-33)37-31(25-12-5-3-6-13-25)26-14-7-4-8-15-26/h2-7,11-19,23,31H,8-10,20-22H2,1H3;3-8,12-20,24,31H,9-11,21-22H2,1-2H3. The monoisotopic (exact) mass is 1050 g/mol. The van der Waals surface area contributed by atoms with E-state index in [0.717, 1.165) is 132 Å². The highest BCUT2D eigenvalue weighted by Gasteiger charge is 2.26. The maximum atomic E-state index is 7.06. The number of alkyl halides is 1. The van der Waals surface area contributed by atoms with E-state index in [0.29, 0.717) is 0 Å². The third kappa shape index (κ3) is 11.5. The minimum absolute atomic E-state index is 0.244. The molecule has 0 spiro atoms. The molecule has 4 heterocycles. The van der Waals surface area contributed by atoms with E-state index in [2.05, 4.69) is 190 Å². The van der Waals surface area contributed by atoms with Crippen molar-refractivity contribution in [1.82, 2.24) is 29.7 Å². The van der Waals surface area contributed by atoms with Crippen LogP contribution in [0.15, 0.2) is 182 Å². The Balaban J connectivity index is 0.000000161. The van der Waals surface area contributed by atoms with Gasteiger partial charge in [0.1, 0.15) is 23.2 Å². The fourth-order valence-electron chi connectivity index (χ4n) is 10.8. The summed E-state index contributed by atoms with van der Waals surface area (Å²) in [5.41, 5.74) is 12.4. The zero-order valence-corrected chi connectivity index (χ0v) is 44.9. The van der Waals surface area contributed by atoms with Gasteiger partial charge in [0.25, 0.3) is 0 Å². The molecular formula is C66H65BrN6O2. The van der Waals surface area contributed by atoms with Crippen molar-refractivity contribution in [1.29, 1.82) is 0 Å². The lowest BCUT2D eigenvalue weighted by Gasteiger charge is -2.31. The number of aryl methyl sites for hydroxylation is 1. The van der Waals surface area contributed by atoms with Crippen molar-refractivity contribution in [2.45, 2.75) is 76.1 Å². The third-order valence-electron chi connectivity index (χ3n) is 15.3. The number of rotatable bonds is 17. The highest BCUT2D eigenvalue weighted by molar-refractivity contribution is 9.08. The summed E-state index contributed by atoms with van der Waals surface area (Å²) < 4.78 is 14.1. The van der Waals surface area contributed by atoms with Gasteiger partial charge in [-0.1, -0.05) is 174 Å². The first kappa shape index (κ1) is 50.1. The van der Waals surface area contributed by atoms with Crippen LogP contribution in [0.25, 0.3) is 43.9 Å². The predicted octanol–water partition coefficient (Wildman–Crippen LogP) is 15.6. The van der Waals surface area contributed by atoms with Crippen molar-refractivity contribution >= 4 is 59.8 Å². The van der Waals surface area contributed by atoms with Gasteiger partial charge in [0.05, 0.1) is 0 Å². The molecule has 0 atom stereocenters. The van der Waals surface area contributed by atoms with Gasteiger partial charge in [-0.05, 0) is 116 Å². The number of halogens is 1. The third-order valence-corrected chi connectivity index (χ3v) is 15.9. The molecule has 75 heavy (non-hydrogen) atoms. The van der Waals surface area contributed by atoms with E-state index in [1.807, 2.05) is 48.8 Å². The van der Waals surface area contributed by atoms with Crippen LogP contribution < -0.4 is 9.47 Å². The maximum absolute atomic E-state index is 7.06. The van der Waals surface area contributed by atoms with Crippen LogP contribution in [0.5, 0.6) is 11.5 Å². The number of ether oxygens (including phenoxy) is 2. The van der Waals surface area contributed by atoms with Crippen LogP contribution in [-0.2, 0) is 18.4 Å². The Labute approximate surface area is 449 Å². The molecule has 0 unspecified atom stereocenters. The Morgan fingerprint density at radius 2 is 0.893 bits per heavy atom. The first-order chi connectivity index (χ1) is 36.8. The molecule has 2 fully saturated rings. The second kappa shape index (κ2) is 23.2. The average Bonchev–Trinajstić information content (AvgIpc) is 3.42. The second-order valence-corrected chi connectivity index (χ2v) is 21.4. The Morgan fingerprint density at radius 3 is 1.29 bits per heavy atom. The average molecular weight is 1050 g/mol. The Hall–Kier alpha value is -7.04. The van der Waals surface area contributed by atoms with Crippen LogP contribution in [0.4, 0.5) is 0 Å². The highest BCUT2D eigenvalue weighted by Crippen LogP contribution is 2.40. The molecule has 0 aliphatic heterocycles. The predicted molar refractivity (Wildman–Crippen MR) is 310 cm³/mol. The molecule has 8 nitrogen and oxygen atoms in total. The minimum atomic E-state index is -0.252. The molecule has 378 valence electrons. The van der Waals surface area contributed by atoms with E-state index < -0.39 is 0 Å². The summed E-state index contributed by atoms with van der Waals surface area (Å²) in [5, 5.41) is 5.05. The lowest BCUT2D eigenvalue weighted by Crippen LogP contribution is -2.29. The highest BCUT2D eigenvalue weighted by atomic mass is 79.9. The Kier molecular flexibility index (Phi) is 15.5. The zero-order chi connectivity index (χ0) is 51.1. The number of hydrogen-bond acceptors (Lipinski definition) is 8. The molecule has 10 aromatic rings. The van der Waals surface area contributed by atoms with Crippen molar-refractivity contribution in [3.8, 4) is 11.5 Å². The molecule has 0 saturated heterocycles. The number of hydrogen-bond donors (Lipinski definition) is 0. The first-order valence-electron chi connectivity index (χ1n) is 26.7. The lowest BCUT2D eigenvalue weighted by molar-refractivity contribution is 0.195. The van der Waals surface area contributed by atoms with Crippen LogP contribution >= 0.6 is 15.9 Å². The zero-order valence-electron chi connectivity index (χ0n) is 43.3. The van der Waals surface area contributed by atoms with Crippen LogP contribution in [0.3, 0.4) is 0 Å². The van der Waals surface area contributed by atoms with Gasteiger partial charge in [-0.25, -0.2) is 19.9 Å². The summed E-state index contributed by atoms with van der Waals surface area (Å²) in [4.78, 5) is 24.3. The van der Waals surface area contributed by atoms with E-state index in [1.54, 1.807) is 0 Å². The number of nitrogens with zero attached hydrogens (tertiary/aromatic N) is 6. The molecule has 6 aromatic carbocycles. The van der Waals surface area contributed by atoms with Gasteiger partial charge in [0, 0.05) is 76.6 Å². The normalized spacial score (nSPS) is 13.9. The number of aromatic nitrogens is 4. The molecule has 2 aliphatic rings. The molecule has 0 amide bonds. The van der Waals surface area contributed by atoms with Gasteiger partial charge in [-0.3, -0.25) is 0 Å². The molecule has 0 radical (unpaired) electrons. The van der Waals surface area contributed by atoms with Crippen molar-refractivity contribution in [3.05, 3.63) is 227 Å². The SMILES string of the molecule is CN(Cc1ccc2cc3c(CBr)ccnc3nc2c1OC(c1ccccc1)c1ccccc1)CC1CCC1.Cc1ccnc2nc3c(OC(c4ccccc4)c4ccccc4)c(CN(C)CC4CCC4)ccc3cc12. The van der Waals surface area contributed by atoms with Crippen molar-refractivity contribution in [2.24, 2.45) is 11.8 Å². The van der Waals surface area contributed by atoms with Crippen molar-refractivity contribution < 1.29 is 9.47 Å². The van der Waals surface area contributed by atoms with Crippen molar-refractivity contribution in [2.75, 3.05) is 27.2 Å². The summed E-state index contributed by atoms with van der Waals surface area (Å²) in [6.07, 6.45) is 11.3. The van der Waals surface area contributed by atoms with Crippen LogP contribution in [0, 0.1) is 18.8 Å². The van der Waals surface area contributed by atoms with Gasteiger partial charge in [0.15, 0.2) is 22.8 Å². The molecule has 12 rings (SSSR count). The van der Waals surface area contributed by atoms with Crippen molar-refractivity contribution in [3.63, 3.8) is 0 Å². The van der Waals surface area contributed by atoms with Gasteiger partial charge in [0.2, 0.25) is 0 Å². The maximum Gasteiger partial charge on any atom is 0.160 e. The molecule has 0 bridgehead atoms.